The van der Waals surface area contributed by atoms with E-state index in [0.717, 1.165) is 0 Å². The van der Waals surface area contributed by atoms with Crippen LogP contribution in [-0.4, -0.2) is 40.1 Å². The number of carboxylic acid groups (broad SMARTS) is 1. The summed E-state index contributed by atoms with van der Waals surface area (Å²) in [7, 11) is 0. The van der Waals surface area contributed by atoms with Crippen molar-refractivity contribution in [2.45, 2.75) is 46.2 Å². The third kappa shape index (κ3) is 4.77. The summed E-state index contributed by atoms with van der Waals surface area (Å²) in [5, 5.41) is 11.6. The number of nitrogens with zero attached hydrogens (tertiary/aromatic N) is 1. The second-order valence-electron chi connectivity index (χ2n) is 5.58. The fourth-order valence-corrected chi connectivity index (χ4v) is 1.52. The molecule has 0 aromatic rings. The van der Waals surface area contributed by atoms with Gasteiger partial charge in [0.15, 0.2) is 0 Å². The van der Waals surface area contributed by atoms with Crippen LogP contribution >= 0.6 is 0 Å². The van der Waals surface area contributed by atoms with Gasteiger partial charge < -0.3 is 15.3 Å². The number of carbonyl (C=O) groups excluding carboxylic acids is 1. The zero-order chi connectivity index (χ0) is 14.5. The van der Waals surface area contributed by atoms with E-state index in [1.807, 2.05) is 20.8 Å². The Kier molecular flexibility index (Phi) is 5.88. The van der Waals surface area contributed by atoms with E-state index in [9.17, 15) is 9.59 Å². The Labute approximate surface area is 109 Å². The molecule has 0 aliphatic carbocycles. The minimum atomic E-state index is -1.02. The van der Waals surface area contributed by atoms with Crippen molar-refractivity contribution in [3.05, 3.63) is 12.7 Å². The Morgan fingerprint density at radius 1 is 1.39 bits per heavy atom. The highest BCUT2D eigenvalue weighted by Crippen LogP contribution is 2.14. The molecule has 0 aliphatic heterocycles. The predicted octanol–water partition coefficient (Wildman–Crippen LogP) is 2.09. The molecule has 5 nitrogen and oxygen atoms in total. The zero-order valence-corrected chi connectivity index (χ0v) is 11.9. The number of amides is 2. The van der Waals surface area contributed by atoms with Gasteiger partial charge >= 0.3 is 12.0 Å². The first-order valence-corrected chi connectivity index (χ1v) is 6.03. The van der Waals surface area contributed by atoms with Crippen LogP contribution in [-0.2, 0) is 4.79 Å². The van der Waals surface area contributed by atoms with Crippen molar-refractivity contribution in [2.24, 2.45) is 5.92 Å². The average molecular weight is 256 g/mol. The molecule has 18 heavy (non-hydrogen) atoms. The SMILES string of the molecule is C=CCN(C(=O)NC(C(=O)O)C(C)C)C(C)(C)C. The molecule has 0 aliphatic rings. The van der Waals surface area contributed by atoms with E-state index < -0.39 is 17.6 Å². The first-order chi connectivity index (χ1) is 8.11. The normalized spacial score (nSPS) is 13.0. The molecule has 0 radical (unpaired) electrons. The molecule has 2 amide bonds. The topological polar surface area (TPSA) is 69.6 Å². The van der Waals surface area contributed by atoms with Crippen LogP contribution in [0.5, 0.6) is 0 Å². The highest BCUT2D eigenvalue weighted by atomic mass is 16.4. The number of hydrogen-bond acceptors (Lipinski definition) is 2. The molecule has 1 unspecified atom stereocenters. The summed E-state index contributed by atoms with van der Waals surface area (Å²) < 4.78 is 0. The molecule has 0 aromatic carbocycles. The zero-order valence-electron chi connectivity index (χ0n) is 11.9. The van der Waals surface area contributed by atoms with Crippen LogP contribution in [0.1, 0.15) is 34.6 Å². The summed E-state index contributed by atoms with van der Waals surface area (Å²) >= 11 is 0. The van der Waals surface area contributed by atoms with Crippen molar-refractivity contribution in [1.82, 2.24) is 10.2 Å². The van der Waals surface area contributed by atoms with Gasteiger partial charge in [0, 0.05) is 12.1 Å². The van der Waals surface area contributed by atoms with Gasteiger partial charge in [-0.1, -0.05) is 19.9 Å². The number of nitrogens with one attached hydrogen (secondary N) is 1. The molecule has 0 fully saturated rings. The summed E-state index contributed by atoms with van der Waals surface area (Å²) in [5.41, 5.74) is -0.391. The maximum atomic E-state index is 12.1. The molecular formula is C13H24N2O3. The minimum absolute atomic E-state index is 0.169. The number of hydrogen-bond donors (Lipinski definition) is 2. The first kappa shape index (κ1) is 16.5. The summed E-state index contributed by atoms with van der Waals surface area (Å²) in [5.74, 6) is -1.19. The summed E-state index contributed by atoms with van der Waals surface area (Å²) in [6.45, 7) is 13.2. The van der Waals surface area contributed by atoms with Crippen LogP contribution in [0.25, 0.3) is 0 Å². The van der Waals surface area contributed by atoms with Gasteiger partial charge in [0.1, 0.15) is 6.04 Å². The third-order valence-corrected chi connectivity index (χ3v) is 2.58. The maximum Gasteiger partial charge on any atom is 0.326 e. The molecule has 0 aromatic heterocycles. The predicted molar refractivity (Wildman–Crippen MR) is 71.4 cm³/mol. The molecule has 104 valence electrons. The quantitative estimate of drug-likeness (QED) is 0.740. The summed E-state index contributed by atoms with van der Waals surface area (Å²) in [4.78, 5) is 24.7. The van der Waals surface area contributed by atoms with Crippen LogP contribution < -0.4 is 5.32 Å². The van der Waals surface area contributed by atoms with E-state index in [4.69, 9.17) is 5.11 Å². The van der Waals surface area contributed by atoms with Gasteiger partial charge in [0.2, 0.25) is 0 Å². The van der Waals surface area contributed by atoms with Crippen LogP contribution in [0.4, 0.5) is 4.79 Å². The lowest BCUT2D eigenvalue weighted by molar-refractivity contribution is -0.140. The lowest BCUT2D eigenvalue weighted by Crippen LogP contribution is -2.55. The van der Waals surface area contributed by atoms with Crippen LogP contribution in [0.15, 0.2) is 12.7 Å². The van der Waals surface area contributed by atoms with Gasteiger partial charge in [-0.25, -0.2) is 9.59 Å². The molecular weight excluding hydrogens is 232 g/mol. The van der Waals surface area contributed by atoms with Crippen molar-refractivity contribution in [3.8, 4) is 0 Å². The monoisotopic (exact) mass is 256 g/mol. The van der Waals surface area contributed by atoms with E-state index in [-0.39, 0.29) is 11.9 Å². The Balaban J connectivity index is 4.89. The first-order valence-electron chi connectivity index (χ1n) is 6.03. The average Bonchev–Trinajstić information content (AvgIpc) is 2.19. The second-order valence-corrected chi connectivity index (χ2v) is 5.58. The molecule has 0 rings (SSSR count). The molecule has 5 heteroatoms. The molecule has 2 N–H and O–H groups in total. The van der Waals surface area contributed by atoms with Gasteiger partial charge in [-0.3, -0.25) is 0 Å². The molecule has 0 saturated heterocycles. The molecule has 0 saturated carbocycles. The van der Waals surface area contributed by atoms with Crippen molar-refractivity contribution in [3.63, 3.8) is 0 Å². The Bertz CT molecular complexity index is 319. The molecule has 0 bridgehead atoms. The number of carboxylic acids is 1. The van der Waals surface area contributed by atoms with Gasteiger partial charge in [-0.15, -0.1) is 6.58 Å². The van der Waals surface area contributed by atoms with E-state index in [0.29, 0.717) is 6.54 Å². The van der Waals surface area contributed by atoms with E-state index in [1.54, 1.807) is 24.8 Å². The largest absolute Gasteiger partial charge is 0.480 e. The van der Waals surface area contributed by atoms with Crippen molar-refractivity contribution >= 4 is 12.0 Å². The lowest BCUT2D eigenvalue weighted by Gasteiger charge is -2.36. The van der Waals surface area contributed by atoms with E-state index in [1.165, 1.54) is 0 Å². The van der Waals surface area contributed by atoms with Crippen molar-refractivity contribution in [2.75, 3.05) is 6.54 Å². The van der Waals surface area contributed by atoms with Gasteiger partial charge in [-0.2, -0.15) is 0 Å². The van der Waals surface area contributed by atoms with Crippen LogP contribution in [0.2, 0.25) is 0 Å². The minimum Gasteiger partial charge on any atom is -0.480 e. The second kappa shape index (κ2) is 6.42. The Morgan fingerprint density at radius 2 is 1.89 bits per heavy atom. The molecule has 1 atom stereocenters. The summed E-state index contributed by atoms with van der Waals surface area (Å²) in [6, 6.07) is -1.27. The molecule has 0 spiro atoms. The fourth-order valence-electron chi connectivity index (χ4n) is 1.52. The van der Waals surface area contributed by atoms with Crippen LogP contribution in [0, 0.1) is 5.92 Å². The van der Waals surface area contributed by atoms with Gasteiger partial charge in [0.25, 0.3) is 0 Å². The lowest BCUT2D eigenvalue weighted by atomic mass is 10.0. The summed E-state index contributed by atoms with van der Waals surface area (Å²) in [6.07, 6.45) is 1.62. The van der Waals surface area contributed by atoms with Crippen molar-refractivity contribution in [1.29, 1.82) is 0 Å². The highest BCUT2D eigenvalue weighted by molar-refractivity contribution is 5.83. The molecule has 0 heterocycles. The highest BCUT2D eigenvalue weighted by Gasteiger charge is 2.30. The van der Waals surface area contributed by atoms with E-state index >= 15 is 0 Å². The smallest absolute Gasteiger partial charge is 0.326 e. The van der Waals surface area contributed by atoms with Crippen molar-refractivity contribution < 1.29 is 14.7 Å². The van der Waals surface area contributed by atoms with Gasteiger partial charge in [0.05, 0.1) is 0 Å². The standard InChI is InChI=1S/C13H24N2O3/c1-7-8-15(13(4,5)6)12(18)14-10(9(2)3)11(16)17/h7,9-10H,1,8H2,2-6H3,(H,14,18)(H,16,17). The fraction of sp³-hybridized carbons (Fsp3) is 0.692. The maximum absolute atomic E-state index is 12.1. The number of urea groups is 1. The number of rotatable bonds is 5. The van der Waals surface area contributed by atoms with Crippen LogP contribution in [0.3, 0.4) is 0 Å². The third-order valence-electron chi connectivity index (χ3n) is 2.58. The Hall–Kier alpha value is -1.52. The van der Waals surface area contributed by atoms with E-state index in [2.05, 4.69) is 11.9 Å². The Morgan fingerprint density at radius 3 is 2.17 bits per heavy atom. The number of aliphatic carboxylic acids is 1. The number of carbonyl (C=O) groups is 2. The van der Waals surface area contributed by atoms with Gasteiger partial charge in [-0.05, 0) is 26.7 Å².